The van der Waals surface area contributed by atoms with E-state index in [0.29, 0.717) is 11.8 Å². The van der Waals surface area contributed by atoms with E-state index >= 15 is 0 Å². The average Bonchev–Trinajstić information content (AvgIpc) is 2.24. The van der Waals surface area contributed by atoms with Crippen molar-refractivity contribution in [1.82, 2.24) is 0 Å². The number of halogens is 1. The number of non-ortho nitro benzene ring substituents is 1. The Hall–Kier alpha value is -1.09. The van der Waals surface area contributed by atoms with Gasteiger partial charge in [0, 0.05) is 18.0 Å². The zero-order valence-electron chi connectivity index (χ0n) is 10.4. The van der Waals surface area contributed by atoms with Crippen molar-refractivity contribution in [1.29, 1.82) is 0 Å². The van der Waals surface area contributed by atoms with Crippen LogP contribution < -0.4 is 0 Å². The van der Waals surface area contributed by atoms with Gasteiger partial charge in [0.2, 0.25) is 0 Å². The second kappa shape index (κ2) is 5.50. The number of rotatable bonds is 4. The highest BCUT2D eigenvalue weighted by Crippen LogP contribution is 2.30. The summed E-state index contributed by atoms with van der Waals surface area (Å²) >= 11 is 5.98. The molecule has 0 amide bonds. The summed E-state index contributed by atoms with van der Waals surface area (Å²) in [4.78, 5) is 10.2. The fourth-order valence-corrected chi connectivity index (χ4v) is 2.20. The predicted molar refractivity (Wildman–Crippen MR) is 70.5 cm³/mol. The lowest BCUT2D eigenvalue weighted by Gasteiger charge is -2.29. The zero-order chi connectivity index (χ0) is 13.1. The molecule has 1 atom stereocenters. The van der Waals surface area contributed by atoms with Gasteiger partial charge in [-0.3, -0.25) is 10.1 Å². The van der Waals surface area contributed by atoms with Gasteiger partial charge in [-0.1, -0.05) is 32.9 Å². The van der Waals surface area contributed by atoms with E-state index in [1.807, 2.05) is 12.1 Å². The molecule has 0 unspecified atom stereocenters. The first-order valence-electron chi connectivity index (χ1n) is 5.64. The monoisotopic (exact) mass is 255 g/mol. The molecule has 1 aromatic carbocycles. The van der Waals surface area contributed by atoms with E-state index in [4.69, 9.17) is 11.6 Å². The third-order valence-electron chi connectivity index (χ3n) is 3.04. The van der Waals surface area contributed by atoms with Crippen LogP contribution in [0.4, 0.5) is 5.69 Å². The lowest BCUT2D eigenvalue weighted by atomic mass is 9.78. The van der Waals surface area contributed by atoms with Crippen LogP contribution in [0, 0.1) is 21.4 Å². The summed E-state index contributed by atoms with van der Waals surface area (Å²) in [5, 5.41) is 10.5. The SMILES string of the molecule is CC(C)(C)[C@H](CCl)Cc1ccc([N+](=O)[O-])cc1. The first-order valence-corrected chi connectivity index (χ1v) is 6.17. The molecule has 94 valence electrons. The van der Waals surface area contributed by atoms with Crippen LogP contribution in [-0.2, 0) is 6.42 Å². The Labute approximate surface area is 107 Å². The second-order valence-corrected chi connectivity index (χ2v) is 5.65. The number of hydrogen-bond donors (Lipinski definition) is 0. The van der Waals surface area contributed by atoms with E-state index in [2.05, 4.69) is 20.8 Å². The lowest BCUT2D eigenvalue weighted by molar-refractivity contribution is -0.384. The minimum absolute atomic E-state index is 0.131. The summed E-state index contributed by atoms with van der Waals surface area (Å²) in [6.07, 6.45) is 0.852. The van der Waals surface area contributed by atoms with Gasteiger partial charge in [-0.2, -0.15) is 0 Å². The van der Waals surface area contributed by atoms with Crippen LogP contribution in [0.2, 0.25) is 0 Å². The molecular formula is C13H18ClNO2. The van der Waals surface area contributed by atoms with Crippen LogP contribution in [0.15, 0.2) is 24.3 Å². The molecule has 0 heterocycles. The Balaban J connectivity index is 2.78. The van der Waals surface area contributed by atoms with E-state index in [1.165, 1.54) is 0 Å². The highest BCUT2D eigenvalue weighted by atomic mass is 35.5. The van der Waals surface area contributed by atoms with Gasteiger partial charge >= 0.3 is 0 Å². The molecule has 0 radical (unpaired) electrons. The molecule has 0 spiro atoms. The number of benzene rings is 1. The number of alkyl halides is 1. The molecule has 0 saturated carbocycles. The maximum absolute atomic E-state index is 10.5. The van der Waals surface area contributed by atoms with Crippen molar-refractivity contribution in [2.24, 2.45) is 11.3 Å². The Morgan fingerprint density at radius 2 is 1.82 bits per heavy atom. The summed E-state index contributed by atoms with van der Waals surface area (Å²) < 4.78 is 0. The van der Waals surface area contributed by atoms with Gasteiger partial charge in [0.1, 0.15) is 0 Å². The molecule has 0 saturated heterocycles. The van der Waals surface area contributed by atoms with Crippen molar-refractivity contribution in [3.63, 3.8) is 0 Å². The molecule has 0 fully saturated rings. The van der Waals surface area contributed by atoms with Gasteiger partial charge in [0.15, 0.2) is 0 Å². The van der Waals surface area contributed by atoms with E-state index in [-0.39, 0.29) is 16.0 Å². The summed E-state index contributed by atoms with van der Waals surface area (Å²) in [6, 6.07) is 6.71. The van der Waals surface area contributed by atoms with Gasteiger partial charge in [-0.05, 0) is 23.3 Å². The minimum Gasteiger partial charge on any atom is -0.258 e. The van der Waals surface area contributed by atoms with Gasteiger partial charge < -0.3 is 0 Å². The normalized spacial score (nSPS) is 13.4. The standard InChI is InChI=1S/C13H18ClNO2/c1-13(2,3)11(9-14)8-10-4-6-12(7-5-10)15(16)17/h4-7,11H,8-9H2,1-3H3/t11-/m0/s1. The maximum Gasteiger partial charge on any atom is 0.269 e. The van der Waals surface area contributed by atoms with E-state index < -0.39 is 0 Å². The number of hydrogen-bond acceptors (Lipinski definition) is 2. The van der Waals surface area contributed by atoms with Crippen LogP contribution in [0.5, 0.6) is 0 Å². The van der Waals surface area contributed by atoms with Gasteiger partial charge in [0.25, 0.3) is 5.69 Å². The quantitative estimate of drug-likeness (QED) is 0.463. The number of nitrogens with zero attached hydrogens (tertiary/aromatic N) is 1. The van der Waals surface area contributed by atoms with Crippen molar-refractivity contribution in [3.05, 3.63) is 39.9 Å². The molecule has 4 heteroatoms. The molecule has 0 N–H and O–H groups in total. The number of nitro benzene ring substituents is 1. The Kier molecular flexibility index (Phi) is 4.52. The van der Waals surface area contributed by atoms with Crippen molar-refractivity contribution in [2.45, 2.75) is 27.2 Å². The Morgan fingerprint density at radius 3 is 2.18 bits per heavy atom. The lowest BCUT2D eigenvalue weighted by Crippen LogP contribution is -2.24. The smallest absolute Gasteiger partial charge is 0.258 e. The second-order valence-electron chi connectivity index (χ2n) is 5.34. The largest absolute Gasteiger partial charge is 0.269 e. The summed E-state index contributed by atoms with van der Waals surface area (Å²) in [6.45, 7) is 6.47. The summed E-state index contributed by atoms with van der Waals surface area (Å²) in [7, 11) is 0. The topological polar surface area (TPSA) is 43.1 Å². The first kappa shape index (κ1) is 14.0. The van der Waals surface area contributed by atoms with Crippen LogP contribution in [0.3, 0.4) is 0 Å². The molecule has 3 nitrogen and oxygen atoms in total. The zero-order valence-corrected chi connectivity index (χ0v) is 11.2. The highest BCUT2D eigenvalue weighted by Gasteiger charge is 2.23. The molecular weight excluding hydrogens is 238 g/mol. The highest BCUT2D eigenvalue weighted by molar-refractivity contribution is 6.18. The third kappa shape index (κ3) is 4.00. The van der Waals surface area contributed by atoms with Crippen molar-refractivity contribution >= 4 is 17.3 Å². The first-order chi connectivity index (χ1) is 7.84. The van der Waals surface area contributed by atoms with Gasteiger partial charge in [0.05, 0.1) is 4.92 Å². The minimum atomic E-state index is -0.382. The molecule has 0 aromatic heterocycles. The fraction of sp³-hybridized carbons (Fsp3) is 0.538. The Bertz CT molecular complexity index is 381. The molecule has 17 heavy (non-hydrogen) atoms. The number of nitro groups is 1. The maximum atomic E-state index is 10.5. The van der Waals surface area contributed by atoms with E-state index in [9.17, 15) is 10.1 Å². The molecule has 0 aliphatic heterocycles. The molecule has 0 bridgehead atoms. The van der Waals surface area contributed by atoms with Crippen molar-refractivity contribution < 1.29 is 4.92 Å². The fourth-order valence-electron chi connectivity index (χ4n) is 1.63. The summed E-state index contributed by atoms with van der Waals surface area (Å²) in [5.74, 6) is 0.964. The molecule has 0 aliphatic rings. The summed E-state index contributed by atoms with van der Waals surface area (Å²) in [5.41, 5.74) is 1.37. The third-order valence-corrected chi connectivity index (χ3v) is 3.41. The van der Waals surface area contributed by atoms with Crippen molar-refractivity contribution in [3.8, 4) is 0 Å². The average molecular weight is 256 g/mol. The molecule has 1 rings (SSSR count). The van der Waals surface area contributed by atoms with E-state index in [1.54, 1.807) is 12.1 Å². The van der Waals surface area contributed by atoms with Crippen LogP contribution in [0.25, 0.3) is 0 Å². The Morgan fingerprint density at radius 1 is 1.29 bits per heavy atom. The van der Waals surface area contributed by atoms with Crippen LogP contribution in [0.1, 0.15) is 26.3 Å². The van der Waals surface area contributed by atoms with Gasteiger partial charge in [-0.15, -0.1) is 11.6 Å². The molecule has 1 aromatic rings. The van der Waals surface area contributed by atoms with Crippen LogP contribution in [-0.4, -0.2) is 10.8 Å². The van der Waals surface area contributed by atoms with Crippen molar-refractivity contribution in [2.75, 3.05) is 5.88 Å². The van der Waals surface area contributed by atoms with E-state index in [0.717, 1.165) is 12.0 Å². The van der Waals surface area contributed by atoms with Gasteiger partial charge in [-0.25, -0.2) is 0 Å². The van der Waals surface area contributed by atoms with Crippen LogP contribution >= 0.6 is 11.6 Å². The molecule has 0 aliphatic carbocycles. The predicted octanol–water partition coefficient (Wildman–Crippen LogP) is 4.04.